The molecule has 1 atom stereocenters. The minimum Gasteiger partial charge on any atom is -0.355 e. The van der Waals surface area contributed by atoms with E-state index in [-0.39, 0.29) is 5.69 Å². The van der Waals surface area contributed by atoms with E-state index in [1.54, 1.807) is 18.3 Å². The molecule has 5 rings (SSSR count). The van der Waals surface area contributed by atoms with Gasteiger partial charge in [-0.15, -0.1) is 0 Å². The standard InChI is InChI=1S/C25H17ClF3N3/c26-20-10-3-7-17-14-18(15-31-22(17)20)24(23-19(25(27,28)29)9-4-12-30-23)32-13-5-8-16-6-1-2-11-21(16)32/h1-12,14-15,24H,13H2/t24-/m0/s1. The van der Waals surface area contributed by atoms with Crippen LogP contribution in [0.2, 0.25) is 5.02 Å². The van der Waals surface area contributed by atoms with E-state index in [1.807, 2.05) is 53.5 Å². The smallest absolute Gasteiger partial charge is 0.355 e. The molecule has 160 valence electrons. The van der Waals surface area contributed by atoms with E-state index >= 15 is 0 Å². The summed E-state index contributed by atoms with van der Waals surface area (Å²) in [7, 11) is 0. The van der Waals surface area contributed by atoms with Crippen LogP contribution in [0.1, 0.15) is 28.4 Å². The van der Waals surface area contributed by atoms with Gasteiger partial charge in [0.05, 0.1) is 27.8 Å². The normalized spacial score (nSPS) is 14.4. The van der Waals surface area contributed by atoms with Crippen LogP contribution in [0, 0.1) is 0 Å². The minimum atomic E-state index is -4.54. The summed E-state index contributed by atoms with van der Waals surface area (Å²) >= 11 is 6.26. The van der Waals surface area contributed by atoms with E-state index in [2.05, 4.69) is 9.97 Å². The first kappa shape index (κ1) is 20.5. The highest BCUT2D eigenvalue weighted by Gasteiger charge is 2.38. The lowest BCUT2D eigenvalue weighted by atomic mass is 9.95. The highest BCUT2D eigenvalue weighted by molar-refractivity contribution is 6.35. The molecule has 1 aliphatic rings. The van der Waals surface area contributed by atoms with Gasteiger partial charge in [0, 0.05) is 30.0 Å². The monoisotopic (exact) mass is 451 g/mol. The maximum absolute atomic E-state index is 14.0. The Hall–Kier alpha value is -3.38. The highest BCUT2D eigenvalue weighted by atomic mass is 35.5. The molecule has 0 N–H and O–H groups in total. The summed E-state index contributed by atoms with van der Waals surface area (Å²) in [6, 6.07) is 16.5. The Labute approximate surface area is 187 Å². The van der Waals surface area contributed by atoms with Crippen molar-refractivity contribution < 1.29 is 13.2 Å². The molecule has 0 amide bonds. The zero-order valence-corrected chi connectivity index (χ0v) is 17.5. The van der Waals surface area contributed by atoms with Gasteiger partial charge in [0.1, 0.15) is 0 Å². The number of rotatable bonds is 3. The van der Waals surface area contributed by atoms with Crippen molar-refractivity contribution >= 4 is 34.3 Å². The Kier molecular flexibility index (Phi) is 5.10. The zero-order valence-electron chi connectivity index (χ0n) is 16.7. The van der Waals surface area contributed by atoms with Crippen LogP contribution >= 0.6 is 11.6 Å². The average Bonchev–Trinajstić information content (AvgIpc) is 2.79. The van der Waals surface area contributed by atoms with Gasteiger partial charge >= 0.3 is 6.18 Å². The second-order valence-corrected chi connectivity index (χ2v) is 7.94. The summed E-state index contributed by atoms with van der Waals surface area (Å²) in [5.41, 5.74) is 2.16. The number of anilines is 1. The van der Waals surface area contributed by atoms with Crippen molar-refractivity contribution in [2.24, 2.45) is 0 Å². The summed E-state index contributed by atoms with van der Waals surface area (Å²) < 4.78 is 42.0. The third-order valence-corrected chi connectivity index (χ3v) is 5.86. The Morgan fingerprint density at radius 1 is 0.969 bits per heavy atom. The van der Waals surface area contributed by atoms with E-state index in [4.69, 9.17) is 11.6 Å². The number of hydrogen-bond acceptors (Lipinski definition) is 3. The molecule has 7 heteroatoms. The number of pyridine rings is 2. The van der Waals surface area contributed by atoms with Gasteiger partial charge in [0.2, 0.25) is 0 Å². The van der Waals surface area contributed by atoms with Crippen LogP contribution < -0.4 is 4.90 Å². The number of hydrogen-bond donors (Lipinski definition) is 0. The van der Waals surface area contributed by atoms with Crippen molar-refractivity contribution in [3.05, 3.63) is 107 Å². The quantitative estimate of drug-likeness (QED) is 0.338. The second kappa shape index (κ2) is 7.95. The van der Waals surface area contributed by atoms with Crippen LogP contribution in [-0.2, 0) is 6.18 Å². The molecular formula is C25H17ClF3N3. The number of nitrogens with zero attached hydrogens (tertiary/aromatic N) is 3. The van der Waals surface area contributed by atoms with Gasteiger partial charge in [-0.3, -0.25) is 9.97 Å². The summed E-state index contributed by atoms with van der Waals surface area (Å²) in [5, 5.41) is 1.25. The molecule has 0 unspecified atom stereocenters. The van der Waals surface area contributed by atoms with Crippen LogP contribution in [-0.4, -0.2) is 16.5 Å². The summed E-state index contributed by atoms with van der Waals surface area (Å²) in [4.78, 5) is 10.6. The third kappa shape index (κ3) is 3.60. The van der Waals surface area contributed by atoms with Crippen LogP contribution in [0.25, 0.3) is 17.0 Å². The number of aromatic nitrogens is 2. The fourth-order valence-electron chi connectivity index (χ4n) is 4.18. The van der Waals surface area contributed by atoms with Crippen molar-refractivity contribution in [3.63, 3.8) is 0 Å². The van der Waals surface area contributed by atoms with Gasteiger partial charge in [-0.25, -0.2) is 0 Å². The Balaban J connectivity index is 1.76. The van der Waals surface area contributed by atoms with Gasteiger partial charge in [-0.1, -0.05) is 54.1 Å². The average molecular weight is 452 g/mol. The first-order chi connectivity index (χ1) is 15.4. The molecule has 0 saturated heterocycles. The van der Waals surface area contributed by atoms with E-state index < -0.39 is 17.8 Å². The van der Waals surface area contributed by atoms with E-state index in [0.29, 0.717) is 22.6 Å². The predicted molar refractivity (Wildman–Crippen MR) is 121 cm³/mol. The Morgan fingerprint density at radius 2 is 1.81 bits per heavy atom. The zero-order chi connectivity index (χ0) is 22.3. The molecule has 2 aromatic carbocycles. The van der Waals surface area contributed by atoms with Crippen molar-refractivity contribution in [2.45, 2.75) is 12.2 Å². The Morgan fingerprint density at radius 3 is 2.66 bits per heavy atom. The van der Waals surface area contributed by atoms with E-state index in [9.17, 15) is 13.2 Å². The largest absolute Gasteiger partial charge is 0.418 e. The second-order valence-electron chi connectivity index (χ2n) is 7.53. The summed E-state index contributed by atoms with van der Waals surface area (Å²) in [6.07, 6.45) is 2.37. The van der Waals surface area contributed by atoms with Gasteiger partial charge in [0.25, 0.3) is 0 Å². The highest BCUT2D eigenvalue weighted by Crippen LogP contribution is 2.42. The molecular weight excluding hydrogens is 435 g/mol. The van der Waals surface area contributed by atoms with Crippen molar-refractivity contribution in [1.82, 2.24) is 9.97 Å². The van der Waals surface area contributed by atoms with Crippen molar-refractivity contribution in [2.75, 3.05) is 11.4 Å². The first-order valence-corrected chi connectivity index (χ1v) is 10.4. The lowest BCUT2D eigenvalue weighted by molar-refractivity contribution is -0.138. The molecule has 3 heterocycles. The van der Waals surface area contributed by atoms with Gasteiger partial charge < -0.3 is 4.90 Å². The van der Waals surface area contributed by atoms with Gasteiger partial charge in [-0.2, -0.15) is 13.2 Å². The number of fused-ring (bicyclic) bond motifs is 2. The summed E-state index contributed by atoms with van der Waals surface area (Å²) in [5.74, 6) is 0. The Bertz CT molecular complexity index is 1330. The van der Waals surface area contributed by atoms with Crippen LogP contribution in [0.3, 0.4) is 0 Å². The minimum absolute atomic E-state index is 0.0618. The number of para-hydroxylation sites is 2. The molecule has 0 saturated carbocycles. The SMILES string of the molecule is FC(F)(F)c1cccnc1[C@H](c1cnc2c(Cl)cccc2c1)N1CC=Cc2ccccc21. The molecule has 3 nitrogen and oxygen atoms in total. The molecule has 0 radical (unpaired) electrons. The van der Waals surface area contributed by atoms with Crippen LogP contribution in [0.5, 0.6) is 0 Å². The van der Waals surface area contributed by atoms with Crippen molar-refractivity contribution in [3.8, 4) is 0 Å². The maximum Gasteiger partial charge on any atom is 0.418 e. The molecule has 0 aliphatic carbocycles. The molecule has 4 aromatic rings. The fourth-order valence-corrected chi connectivity index (χ4v) is 4.41. The molecule has 0 spiro atoms. The molecule has 1 aliphatic heterocycles. The molecule has 0 fully saturated rings. The number of benzene rings is 2. The lowest BCUT2D eigenvalue weighted by Crippen LogP contribution is -2.34. The molecule has 2 aromatic heterocycles. The fraction of sp³-hybridized carbons (Fsp3) is 0.120. The molecule has 32 heavy (non-hydrogen) atoms. The van der Waals surface area contributed by atoms with Crippen LogP contribution in [0.15, 0.2) is 79.1 Å². The number of alkyl halides is 3. The first-order valence-electron chi connectivity index (χ1n) is 10.0. The van der Waals surface area contributed by atoms with Gasteiger partial charge in [0.15, 0.2) is 0 Å². The van der Waals surface area contributed by atoms with Gasteiger partial charge in [-0.05, 0) is 41.5 Å². The predicted octanol–water partition coefficient (Wildman–Crippen LogP) is 6.92. The van der Waals surface area contributed by atoms with Crippen molar-refractivity contribution in [1.29, 1.82) is 0 Å². The maximum atomic E-state index is 14.0. The van der Waals surface area contributed by atoms with Crippen LogP contribution in [0.4, 0.5) is 18.9 Å². The van der Waals surface area contributed by atoms with E-state index in [1.165, 1.54) is 12.3 Å². The third-order valence-electron chi connectivity index (χ3n) is 5.56. The molecule has 0 bridgehead atoms. The number of halogens is 4. The lowest BCUT2D eigenvalue weighted by Gasteiger charge is -2.36. The summed E-state index contributed by atoms with van der Waals surface area (Å²) in [6.45, 7) is 0.434. The van der Waals surface area contributed by atoms with E-state index in [0.717, 1.165) is 22.7 Å². The topological polar surface area (TPSA) is 29.0 Å².